The highest BCUT2D eigenvalue weighted by atomic mass is 16.5. The van der Waals surface area contributed by atoms with Gasteiger partial charge in [-0.3, -0.25) is 4.98 Å². The maximum atomic E-state index is 5.52. The molecule has 2 fully saturated rings. The zero-order valence-electron chi connectivity index (χ0n) is 16.2. The molecule has 7 heteroatoms. The molecule has 1 aliphatic heterocycles. The van der Waals surface area contributed by atoms with Gasteiger partial charge in [-0.15, -0.1) is 0 Å². The number of ether oxygens (including phenoxy) is 2. The van der Waals surface area contributed by atoms with Crippen LogP contribution in [0.3, 0.4) is 0 Å². The van der Waals surface area contributed by atoms with Crippen molar-refractivity contribution in [3.05, 3.63) is 42.0 Å². The van der Waals surface area contributed by atoms with Crippen molar-refractivity contribution in [2.45, 2.75) is 25.2 Å². The van der Waals surface area contributed by atoms with E-state index in [-0.39, 0.29) is 0 Å². The lowest BCUT2D eigenvalue weighted by atomic mass is 10.1. The molecule has 28 heavy (non-hydrogen) atoms. The Bertz CT molecular complexity index is 959. The highest BCUT2D eigenvalue weighted by molar-refractivity contribution is 5.76. The van der Waals surface area contributed by atoms with E-state index in [1.807, 2.05) is 16.9 Å². The van der Waals surface area contributed by atoms with Gasteiger partial charge < -0.3 is 14.4 Å². The molecule has 0 radical (unpaired) electrons. The Morgan fingerprint density at radius 2 is 2.04 bits per heavy atom. The number of imidazole rings is 1. The van der Waals surface area contributed by atoms with Crippen molar-refractivity contribution in [1.29, 1.82) is 0 Å². The molecule has 0 N–H and O–H groups in total. The van der Waals surface area contributed by atoms with Crippen molar-refractivity contribution in [2.75, 3.05) is 44.9 Å². The number of aromatic nitrogens is 4. The van der Waals surface area contributed by atoms with Crippen LogP contribution in [0.25, 0.3) is 16.9 Å². The Hall–Kier alpha value is -2.51. The van der Waals surface area contributed by atoms with Crippen LogP contribution in [0.5, 0.6) is 0 Å². The average molecular weight is 379 g/mol. The van der Waals surface area contributed by atoms with Crippen LogP contribution in [-0.2, 0) is 15.9 Å². The van der Waals surface area contributed by atoms with Crippen molar-refractivity contribution >= 4 is 11.3 Å². The number of pyridine rings is 1. The summed E-state index contributed by atoms with van der Waals surface area (Å²) in [6, 6.07) is 6.28. The predicted octanol–water partition coefficient (Wildman–Crippen LogP) is 2.69. The first-order valence-corrected chi connectivity index (χ1v) is 9.99. The molecule has 0 aromatic carbocycles. The van der Waals surface area contributed by atoms with Crippen molar-refractivity contribution in [1.82, 2.24) is 19.6 Å². The number of rotatable bonds is 6. The van der Waals surface area contributed by atoms with E-state index >= 15 is 0 Å². The van der Waals surface area contributed by atoms with E-state index in [0.717, 1.165) is 66.7 Å². The second-order valence-electron chi connectivity index (χ2n) is 7.45. The monoisotopic (exact) mass is 379 g/mol. The largest absolute Gasteiger partial charge is 0.384 e. The summed E-state index contributed by atoms with van der Waals surface area (Å²) in [5, 5.41) is 4.66. The second kappa shape index (κ2) is 7.48. The molecule has 1 aliphatic carbocycles. The molecule has 5 rings (SSSR count). The number of nitrogens with zero attached hydrogens (tertiary/aromatic N) is 5. The molecular formula is C21H25N5O2. The lowest BCUT2D eigenvalue weighted by Gasteiger charge is -2.28. The van der Waals surface area contributed by atoms with Crippen LogP contribution in [0.2, 0.25) is 0 Å². The van der Waals surface area contributed by atoms with Crippen molar-refractivity contribution in [3.8, 4) is 11.3 Å². The van der Waals surface area contributed by atoms with Gasteiger partial charge in [0.15, 0.2) is 5.65 Å². The first kappa shape index (κ1) is 17.6. The van der Waals surface area contributed by atoms with Gasteiger partial charge in [0.2, 0.25) is 0 Å². The van der Waals surface area contributed by atoms with E-state index in [1.54, 1.807) is 7.11 Å². The average Bonchev–Trinajstić information content (AvgIpc) is 3.53. The van der Waals surface area contributed by atoms with E-state index in [1.165, 1.54) is 12.8 Å². The Morgan fingerprint density at radius 3 is 2.75 bits per heavy atom. The summed E-state index contributed by atoms with van der Waals surface area (Å²) in [5.74, 6) is 0.530. The maximum absolute atomic E-state index is 5.52. The van der Waals surface area contributed by atoms with Crippen LogP contribution >= 0.6 is 0 Å². The van der Waals surface area contributed by atoms with E-state index < -0.39 is 0 Å². The topological polar surface area (TPSA) is 64.8 Å². The number of morpholine rings is 1. The van der Waals surface area contributed by atoms with Gasteiger partial charge >= 0.3 is 0 Å². The summed E-state index contributed by atoms with van der Waals surface area (Å²) in [6.45, 7) is 3.96. The summed E-state index contributed by atoms with van der Waals surface area (Å²) in [4.78, 5) is 12.1. The Balaban J connectivity index is 1.58. The molecule has 2 aliphatic rings. The number of anilines is 1. The van der Waals surface area contributed by atoms with Crippen LogP contribution in [0, 0.1) is 0 Å². The first-order valence-electron chi connectivity index (χ1n) is 9.99. The minimum Gasteiger partial charge on any atom is -0.384 e. The lowest BCUT2D eigenvalue weighted by Crippen LogP contribution is -2.36. The third-order valence-corrected chi connectivity index (χ3v) is 5.50. The van der Waals surface area contributed by atoms with Gasteiger partial charge in [0.1, 0.15) is 0 Å². The number of hydrogen-bond donors (Lipinski definition) is 0. The number of methoxy groups -OCH3 is 1. The van der Waals surface area contributed by atoms with Gasteiger partial charge in [-0.25, -0.2) is 9.50 Å². The molecule has 146 valence electrons. The summed E-state index contributed by atoms with van der Waals surface area (Å²) in [7, 11) is 1.71. The van der Waals surface area contributed by atoms with E-state index in [4.69, 9.17) is 14.5 Å². The van der Waals surface area contributed by atoms with Crippen molar-refractivity contribution < 1.29 is 9.47 Å². The van der Waals surface area contributed by atoms with Crippen molar-refractivity contribution in [2.24, 2.45) is 0 Å². The minimum atomic E-state index is 0.530. The van der Waals surface area contributed by atoms with Crippen LogP contribution in [0.15, 0.2) is 30.6 Å². The first-order chi connectivity index (χ1) is 13.8. The SMILES string of the molecule is COCCc1ccc(-c2c(C3CC3)nc3c(N4CCOCC4)ccnn23)cn1. The van der Waals surface area contributed by atoms with Gasteiger partial charge in [-0.05, 0) is 31.0 Å². The van der Waals surface area contributed by atoms with Crippen LogP contribution in [0.4, 0.5) is 5.69 Å². The van der Waals surface area contributed by atoms with Crippen molar-refractivity contribution in [3.63, 3.8) is 0 Å². The normalized spacial score (nSPS) is 17.4. The lowest BCUT2D eigenvalue weighted by molar-refractivity contribution is 0.123. The van der Waals surface area contributed by atoms with Gasteiger partial charge in [0.25, 0.3) is 0 Å². The summed E-state index contributed by atoms with van der Waals surface area (Å²) >= 11 is 0. The highest BCUT2D eigenvalue weighted by Gasteiger charge is 2.32. The Morgan fingerprint density at radius 1 is 1.18 bits per heavy atom. The zero-order valence-corrected chi connectivity index (χ0v) is 16.2. The molecule has 0 atom stereocenters. The van der Waals surface area contributed by atoms with Gasteiger partial charge in [-0.2, -0.15) is 5.10 Å². The standard InChI is InChI=1S/C21H25N5O2/c1-27-11-7-17-5-4-16(14-22-17)20-19(15-2-3-15)24-21-18(6-8-23-26(20)21)25-9-12-28-13-10-25/h4-6,8,14-15H,2-3,7,9-13H2,1H3. The molecule has 3 aromatic heterocycles. The molecule has 0 unspecified atom stereocenters. The van der Waals surface area contributed by atoms with Crippen LogP contribution in [-0.4, -0.2) is 59.6 Å². The van der Waals surface area contributed by atoms with E-state index in [0.29, 0.717) is 12.5 Å². The highest BCUT2D eigenvalue weighted by Crippen LogP contribution is 2.44. The van der Waals surface area contributed by atoms with E-state index in [2.05, 4.69) is 33.2 Å². The quantitative estimate of drug-likeness (QED) is 0.656. The summed E-state index contributed by atoms with van der Waals surface area (Å²) < 4.78 is 12.7. The van der Waals surface area contributed by atoms with Crippen LogP contribution in [0.1, 0.15) is 30.1 Å². The van der Waals surface area contributed by atoms with Gasteiger partial charge in [0, 0.05) is 50.0 Å². The minimum absolute atomic E-state index is 0.530. The molecule has 3 aromatic rings. The molecule has 0 bridgehead atoms. The molecule has 1 saturated carbocycles. The molecule has 0 amide bonds. The Labute approximate surface area is 164 Å². The van der Waals surface area contributed by atoms with E-state index in [9.17, 15) is 0 Å². The molecule has 0 spiro atoms. The molecule has 4 heterocycles. The maximum Gasteiger partial charge on any atom is 0.178 e. The molecule has 7 nitrogen and oxygen atoms in total. The fourth-order valence-electron chi connectivity index (χ4n) is 3.83. The fourth-order valence-corrected chi connectivity index (χ4v) is 3.83. The zero-order chi connectivity index (χ0) is 18.9. The van der Waals surface area contributed by atoms with Gasteiger partial charge in [-0.1, -0.05) is 0 Å². The molecular weight excluding hydrogens is 354 g/mol. The van der Waals surface area contributed by atoms with Gasteiger partial charge in [0.05, 0.1) is 43.1 Å². The number of hydrogen-bond acceptors (Lipinski definition) is 6. The van der Waals surface area contributed by atoms with Crippen LogP contribution < -0.4 is 4.90 Å². The smallest absolute Gasteiger partial charge is 0.178 e. The third-order valence-electron chi connectivity index (χ3n) is 5.50. The second-order valence-corrected chi connectivity index (χ2v) is 7.45. The molecule has 1 saturated heterocycles. The third kappa shape index (κ3) is 3.25. The summed E-state index contributed by atoms with van der Waals surface area (Å²) in [5.41, 5.74) is 6.41. The fraction of sp³-hybridized carbons (Fsp3) is 0.476. The summed E-state index contributed by atoms with van der Waals surface area (Å²) in [6.07, 6.45) is 7.04. The Kier molecular flexibility index (Phi) is 4.70. The predicted molar refractivity (Wildman–Crippen MR) is 107 cm³/mol. The number of fused-ring (bicyclic) bond motifs is 1.